The topological polar surface area (TPSA) is 26.7 Å². The monoisotopic (exact) mass is 390 g/mol. The van der Waals surface area contributed by atoms with E-state index in [1.165, 1.54) is 70.8 Å². The highest BCUT2D eigenvalue weighted by Gasteiger charge is 2.60. The second-order valence-corrected chi connectivity index (χ2v) is 11.6. The van der Waals surface area contributed by atoms with Crippen LogP contribution >= 0.6 is 0 Å². The molecule has 1 unspecified atom stereocenters. The van der Waals surface area contributed by atoms with Gasteiger partial charge in [-0.05, 0) is 113 Å². The van der Waals surface area contributed by atoms with E-state index in [0.29, 0.717) is 10.8 Å². The third-order valence-corrected chi connectivity index (χ3v) is 10.4. The molecule has 0 heterocycles. The molecule has 3 nitrogen and oxygen atoms in total. The van der Waals surface area contributed by atoms with Crippen molar-refractivity contribution in [1.82, 2.24) is 9.80 Å². The second kappa shape index (κ2) is 8.19. The molecule has 0 radical (unpaired) electrons. The molecule has 4 aliphatic carbocycles. The quantitative estimate of drug-likeness (QED) is 0.647. The Morgan fingerprint density at radius 1 is 0.821 bits per heavy atom. The van der Waals surface area contributed by atoms with Crippen molar-refractivity contribution in [2.24, 2.45) is 34.5 Å². The molecule has 0 amide bonds. The third kappa shape index (κ3) is 3.48. The Kier molecular flexibility index (Phi) is 6.18. The van der Waals surface area contributed by atoms with Crippen LogP contribution in [0.4, 0.5) is 0 Å². The van der Waals surface area contributed by atoms with Crippen molar-refractivity contribution >= 4 is 0 Å². The van der Waals surface area contributed by atoms with Crippen molar-refractivity contribution in [2.45, 2.75) is 90.5 Å². The molecule has 0 aromatic heterocycles. The molecule has 1 N–H and O–H groups in total. The van der Waals surface area contributed by atoms with Crippen LogP contribution in [0.5, 0.6) is 0 Å². The van der Waals surface area contributed by atoms with Crippen molar-refractivity contribution < 1.29 is 5.11 Å². The summed E-state index contributed by atoms with van der Waals surface area (Å²) in [4.78, 5) is 4.71. The molecule has 0 spiro atoms. The smallest absolute Gasteiger partial charge is 0.0954 e. The van der Waals surface area contributed by atoms with Crippen molar-refractivity contribution in [3.63, 3.8) is 0 Å². The summed E-state index contributed by atoms with van der Waals surface area (Å²) in [6.45, 7) is 7.71. The number of hydrogen-bond donors (Lipinski definition) is 1. The Hall–Kier alpha value is -0.120. The minimum absolute atomic E-state index is 0.176. The summed E-state index contributed by atoms with van der Waals surface area (Å²) in [6, 6.07) is 0.773. The molecule has 7 atom stereocenters. The molecule has 28 heavy (non-hydrogen) atoms. The first kappa shape index (κ1) is 21.1. The van der Waals surface area contributed by atoms with Gasteiger partial charge in [0.15, 0.2) is 0 Å². The molecular weight excluding hydrogens is 344 g/mol. The van der Waals surface area contributed by atoms with E-state index in [0.717, 1.165) is 42.7 Å². The van der Waals surface area contributed by atoms with E-state index in [-0.39, 0.29) is 6.73 Å². The van der Waals surface area contributed by atoms with E-state index in [1.54, 1.807) is 0 Å². The Morgan fingerprint density at radius 3 is 2.39 bits per heavy atom. The molecule has 4 rings (SSSR count). The van der Waals surface area contributed by atoms with Crippen LogP contribution < -0.4 is 0 Å². The van der Waals surface area contributed by atoms with Crippen LogP contribution in [0.2, 0.25) is 0 Å². The SMILES string of the molecule is CN(CO)CCCN(C)[C@H]1CC[C@H]2[C@@H]3CCC4CCCC[C@]4(C)[C@H]3CC[C@]12C. The van der Waals surface area contributed by atoms with Gasteiger partial charge in [0.2, 0.25) is 0 Å². The Labute approximate surface area is 174 Å². The highest BCUT2D eigenvalue weighted by molar-refractivity contribution is 5.10. The molecule has 4 aliphatic rings. The zero-order valence-corrected chi connectivity index (χ0v) is 19.1. The summed E-state index contributed by atoms with van der Waals surface area (Å²) in [5.41, 5.74) is 1.21. The fourth-order valence-electron chi connectivity index (χ4n) is 8.81. The van der Waals surface area contributed by atoms with Gasteiger partial charge in [-0.2, -0.15) is 0 Å². The van der Waals surface area contributed by atoms with Crippen molar-refractivity contribution in [2.75, 3.05) is 33.9 Å². The summed E-state index contributed by atoms with van der Waals surface area (Å²) < 4.78 is 0. The van der Waals surface area contributed by atoms with Gasteiger partial charge < -0.3 is 10.0 Å². The van der Waals surface area contributed by atoms with Crippen LogP contribution in [0.3, 0.4) is 0 Å². The Bertz CT molecular complexity index is 539. The van der Waals surface area contributed by atoms with E-state index in [1.807, 2.05) is 11.9 Å². The molecule has 0 saturated heterocycles. The molecule has 162 valence electrons. The molecule has 0 aromatic carbocycles. The van der Waals surface area contributed by atoms with E-state index >= 15 is 0 Å². The fourth-order valence-corrected chi connectivity index (χ4v) is 8.81. The van der Waals surface area contributed by atoms with E-state index in [9.17, 15) is 5.11 Å². The maximum atomic E-state index is 9.23. The van der Waals surface area contributed by atoms with Gasteiger partial charge in [0.1, 0.15) is 0 Å². The molecule has 0 aliphatic heterocycles. The fraction of sp³-hybridized carbons (Fsp3) is 1.00. The molecule has 4 saturated carbocycles. The summed E-state index contributed by atoms with van der Waals surface area (Å²) in [7, 11) is 4.39. The van der Waals surface area contributed by atoms with Crippen LogP contribution in [0, 0.1) is 34.5 Å². The number of nitrogens with zero attached hydrogens (tertiary/aromatic N) is 2. The number of fused-ring (bicyclic) bond motifs is 5. The second-order valence-electron chi connectivity index (χ2n) is 11.6. The first-order chi connectivity index (χ1) is 13.4. The number of hydrogen-bond acceptors (Lipinski definition) is 3. The van der Waals surface area contributed by atoms with E-state index in [2.05, 4.69) is 25.8 Å². The lowest BCUT2D eigenvalue weighted by Gasteiger charge is -2.61. The predicted molar refractivity (Wildman–Crippen MR) is 117 cm³/mol. The summed E-state index contributed by atoms with van der Waals surface area (Å²) in [5, 5.41) is 9.23. The largest absolute Gasteiger partial charge is 0.381 e. The van der Waals surface area contributed by atoms with Crippen molar-refractivity contribution in [3.05, 3.63) is 0 Å². The van der Waals surface area contributed by atoms with Gasteiger partial charge in [-0.25, -0.2) is 0 Å². The van der Waals surface area contributed by atoms with Gasteiger partial charge >= 0.3 is 0 Å². The van der Waals surface area contributed by atoms with Crippen molar-refractivity contribution in [1.29, 1.82) is 0 Å². The minimum Gasteiger partial charge on any atom is -0.381 e. The maximum absolute atomic E-state index is 9.23. The zero-order valence-electron chi connectivity index (χ0n) is 19.1. The van der Waals surface area contributed by atoms with Crippen LogP contribution in [-0.2, 0) is 0 Å². The van der Waals surface area contributed by atoms with Gasteiger partial charge in [0, 0.05) is 12.6 Å². The standard InChI is InChI=1S/C25H46N2O/c1-24-14-6-5-8-19(24)9-10-20-21-11-12-23(25(21,2)15-13-22(20)24)27(4)17-7-16-26(3)18-28/h19-23,28H,5-18H2,1-4H3/t19?,20-,21-,22-,23-,24-,25-/m0/s1. The van der Waals surface area contributed by atoms with Crippen LogP contribution in [0.1, 0.15) is 84.5 Å². The summed E-state index contributed by atoms with van der Waals surface area (Å²) in [5.74, 6) is 4.04. The zero-order chi connectivity index (χ0) is 19.9. The first-order valence-electron chi connectivity index (χ1n) is 12.4. The van der Waals surface area contributed by atoms with Gasteiger partial charge in [0.05, 0.1) is 6.73 Å². The highest BCUT2D eigenvalue weighted by atomic mass is 16.3. The third-order valence-electron chi connectivity index (χ3n) is 10.4. The average molecular weight is 391 g/mol. The lowest BCUT2D eigenvalue weighted by Crippen LogP contribution is -2.55. The molecule has 0 bridgehead atoms. The van der Waals surface area contributed by atoms with E-state index in [4.69, 9.17) is 0 Å². The number of aliphatic hydroxyl groups excluding tert-OH is 1. The molecule has 4 fully saturated rings. The Morgan fingerprint density at radius 2 is 1.61 bits per heavy atom. The lowest BCUT2D eigenvalue weighted by molar-refractivity contribution is -0.113. The van der Waals surface area contributed by atoms with Gasteiger partial charge in [-0.3, -0.25) is 4.90 Å². The first-order valence-corrected chi connectivity index (χ1v) is 12.4. The summed E-state index contributed by atoms with van der Waals surface area (Å²) >= 11 is 0. The van der Waals surface area contributed by atoms with Gasteiger partial charge in [0.25, 0.3) is 0 Å². The van der Waals surface area contributed by atoms with Gasteiger partial charge in [-0.1, -0.05) is 26.7 Å². The highest BCUT2D eigenvalue weighted by Crippen LogP contribution is 2.66. The van der Waals surface area contributed by atoms with Gasteiger partial charge in [-0.15, -0.1) is 0 Å². The number of rotatable bonds is 6. The Balaban J connectivity index is 1.43. The molecule has 3 heteroatoms. The average Bonchev–Trinajstić information content (AvgIpc) is 3.04. The van der Waals surface area contributed by atoms with E-state index < -0.39 is 0 Å². The summed E-state index contributed by atoms with van der Waals surface area (Å²) in [6.07, 6.45) is 16.1. The number of aliphatic hydroxyl groups is 1. The van der Waals surface area contributed by atoms with Crippen molar-refractivity contribution in [3.8, 4) is 0 Å². The minimum atomic E-state index is 0.176. The van der Waals surface area contributed by atoms with Crippen LogP contribution in [0.25, 0.3) is 0 Å². The lowest BCUT2D eigenvalue weighted by atomic mass is 9.45. The molecular formula is C25H46N2O. The van der Waals surface area contributed by atoms with Crippen LogP contribution in [-0.4, -0.2) is 54.9 Å². The molecule has 0 aromatic rings. The van der Waals surface area contributed by atoms with Crippen LogP contribution in [0.15, 0.2) is 0 Å². The maximum Gasteiger partial charge on any atom is 0.0954 e. The normalized spacial score (nSPS) is 45.8. The predicted octanol–water partition coefficient (Wildman–Crippen LogP) is 4.99.